The minimum Gasteiger partial charge on any atom is -0.465 e. The third-order valence-electron chi connectivity index (χ3n) is 4.18. The minimum atomic E-state index is -0.252. The zero-order valence-electron chi connectivity index (χ0n) is 18.7. The van der Waals surface area contributed by atoms with E-state index in [1.807, 2.05) is 12.3 Å². The molecule has 0 aliphatic rings. The highest BCUT2D eigenvalue weighted by Crippen LogP contribution is 1.97. The predicted octanol–water partition coefficient (Wildman–Crippen LogP) is 3.52. The van der Waals surface area contributed by atoms with Crippen LogP contribution in [-0.2, 0) is 25.5 Å². The molecule has 0 N–H and O–H groups in total. The standard InChI is InChI=1S/C15H28N2O4.C8H10/c1-5-16(10-12-20-14(3)18)8-7-9-17(6-2)11-13-21-15(4)19;1-2-8-6-4-3-5-7-8/h7-8H,5-6,9-13H2,1-4H3;3-7H,2H2,1H3. The van der Waals surface area contributed by atoms with Crippen molar-refractivity contribution in [2.24, 2.45) is 0 Å². The van der Waals surface area contributed by atoms with E-state index < -0.39 is 0 Å². The Morgan fingerprint density at radius 3 is 1.93 bits per heavy atom. The van der Waals surface area contributed by atoms with Crippen molar-refractivity contribution in [3.8, 4) is 0 Å². The number of ether oxygens (including phenoxy) is 2. The first-order chi connectivity index (χ1) is 13.9. The largest absolute Gasteiger partial charge is 0.465 e. The molecule has 0 radical (unpaired) electrons. The van der Waals surface area contributed by atoms with Gasteiger partial charge in [0.05, 0.1) is 6.54 Å². The maximum atomic E-state index is 10.7. The highest BCUT2D eigenvalue weighted by Gasteiger charge is 2.02. The molecular weight excluding hydrogens is 368 g/mol. The lowest BCUT2D eigenvalue weighted by Gasteiger charge is -2.20. The maximum absolute atomic E-state index is 10.7. The molecule has 1 aromatic carbocycles. The average Bonchev–Trinajstić information content (AvgIpc) is 2.72. The number of hydrogen-bond acceptors (Lipinski definition) is 6. The molecule has 6 nitrogen and oxygen atoms in total. The Balaban J connectivity index is 0.000000807. The van der Waals surface area contributed by atoms with Crippen LogP contribution in [0.3, 0.4) is 0 Å². The Bertz CT molecular complexity index is 576. The minimum absolute atomic E-state index is 0.246. The SMILES string of the molecule is CCN(C=CCN(CC)CCOC(C)=O)CCOC(C)=O.CCc1ccccc1. The zero-order chi connectivity index (χ0) is 21.9. The second-order valence-electron chi connectivity index (χ2n) is 6.43. The van der Waals surface area contributed by atoms with E-state index in [4.69, 9.17) is 9.47 Å². The number of benzene rings is 1. The van der Waals surface area contributed by atoms with Crippen LogP contribution in [0.15, 0.2) is 42.6 Å². The van der Waals surface area contributed by atoms with Gasteiger partial charge in [-0.3, -0.25) is 14.5 Å². The first-order valence-electron chi connectivity index (χ1n) is 10.4. The second kappa shape index (κ2) is 17.7. The summed E-state index contributed by atoms with van der Waals surface area (Å²) >= 11 is 0. The highest BCUT2D eigenvalue weighted by atomic mass is 16.5. The van der Waals surface area contributed by atoms with Gasteiger partial charge in [0.1, 0.15) is 13.2 Å². The smallest absolute Gasteiger partial charge is 0.302 e. The molecule has 0 aliphatic heterocycles. The monoisotopic (exact) mass is 406 g/mol. The summed E-state index contributed by atoms with van der Waals surface area (Å²) in [5.41, 5.74) is 1.41. The summed E-state index contributed by atoms with van der Waals surface area (Å²) in [6.45, 7) is 13.9. The van der Waals surface area contributed by atoms with Gasteiger partial charge in [-0.15, -0.1) is 0 Å². The third kappa shape index (κ3) is 16.3. The quantitative estimate of drug-likeness (QED) is 0.495. The molecule has 0 saturated carbocycles. The highest BCUT2D eigenvalue weighted by molar-refractivity contribution is 5.66. The number of carbonyl (C=O) groups excluding carboxylic acids is 2. The van der Waals surface area contributed by atoms with Crippen molar-refractivity contribution in [2.75, 3.05) is 45.9 Å². The number of esters is 2. The van der Waals surface area contributed by atoms with Crippen molar-refractivity contribution in [2.45, 2.75) is 41.0 Å². The van der Waals surface area contributed by atoms with Gasteiger partial charge >= 0.3 is 11.9 Å². The fourth-order valence-electron chi connectivity index (χ4n) is 2.40. The van der Waals surface area contributed by atoms with Gasteiger partial charge in [-0.2, -0.15) is 0 Å². The van der Waals surface area contributed by atoms with Gasteiger partial charge < -0.3 is 14.4 Å². The summed E-state index contributed by atoms with van der Waals surface area (Å²) in [4.78, 5) is 25.7. The summed E-state index contributed by atoms with van der Waals surface area (Å²) < 4.78 is 9.86. The van der Waals surface area contributed by atoms with Gasteiger partial charge in [-0.05, 0) is 31.7 Å². The summed E-state index contributed by atoms with van der Waals surface area (Å²) in [5, 5.41) is 0. The molecule has 0 saturated heterocycles. The lowest BCUT2D eigenvalue weighted by molar-refractivity contribution is -0.142. The molecule has 29 heavy (non-hydrogen) atoms. The first kappa shape index (κ1) is 26.7. The molecule has 0 aliphatic carbocycles. The average molecular weight is 407 g/mol. The first-order valence-corrected chi connectivity index (χ1v) is 10.4. The van der Waals surface area contributed by atoms with Crippen LogP contribution in [0, 0.1) is 0 Å². The Hall–Kier alpha value is -2.34. The van der Waals surface area contributed by atoms with Gasteiger partial charge in [-0.25, -0.2) is 0 Å². The van der Waals surface area contributed by atoms with E-state index in [2.05, 4.69) is 60.9 Å². The Labute approximate surface area is 176 Å². The number of carbonyl (C=O) groups is 2. The van der Waals surface area contributed by atoms with Crippen LogP contribution in [-0.4, -0.2) is 67.7 Å². The van der Waals surface area contributed by atoms with Gasteiger partial charge in [0.2, 0.25) is 0 Å². The van der Waals surface area contributed by atoms with Crippen molar-refractivity contribution in [3.05, 3.63) is 48.2 Å². The van der Waals surface area contributed by atoms with Gasteiger partial charge in [0, 0.05) is 33.5 Å². The predicted molar refractivity (Wildman–Crippen MR) is 118 cm³/mol. The van der Waals surface area contributed by atoms with Crippen LogP contribution in [0.25, 0.3) is 0 Å². The molecule has 0 aromatic heterocycles. The second-order valence-corrected chi connectivity index (χ2v) is 6.43. The third-order valence-corrected chi connectivity index (χ3v) is 4.18. The molecule has 1 aromatic rings. The van der Waals surface area contributed by atoms with Crippen LogP contribution < -0.4 is 0 Å². The van der Waals surface area contributed by atoms with E-state index >= 15 is 0 Å². The van der Waals surface area contributed by atoms with Gasteiger partial charge in [0.15, 0.2) is 0 Å². The van der Waals surface area contributed by atoms with Crippen molar-refractivity contribution in [1.29, 1.82) is 0 Å². The van der Waals surface area contributed by atoms with E-state index in [1.165, 1.54) is 19.4 Å². The van der Waals surface area contributed by atoms with E-state index in [0.717, 1.165) is 32.6 Å². The molecule has 0 unspecified atom stereocenters. The summed E-state index contributed by atoms with van der Waals surface area (Å²) in [6.07, 6.45) is 5.22. The van der Waals surface area contributed by atoms with Crippen LogP contribution in [0.4, 0.5) is 0 Å². The Morgan fingerprint density at radius 1 is 0.897 bits per heavy atom. The van der Waals surface area contributed by atoms with Gasteiger partial charge in [0.25, 0.3) is 0 Å². The van der Waals surface area contributed by atoms with Crippen LogP contribution in [0.1, 0.15) is 40.2 Å². The Morgan fingerprint density at radius 2 is 1.48 bits per heavy atom. The van der Waals surface area contributed by atoms with Crippen LogP contribution in [0.5, 0.6) is 0 Å². The van der Waals surface area contributed by atoms with Crippen LogP contribution >= 0.6 is 0 Å². The summed E-state index contributed by atoms with van der Waals surface area (Å²) in [6, 6.07) is 10.5. The summed E-state index contributed by atoms with van der Waals surface area (Å²) in [5.74, 6) is -0.498. The molecule has 0 amide bonds. The molecule has 0 fully saturated rings. The molecule has 0 bridgehead atoms. The van der Waals surface area contributed by atoms with Crippen molar-refractivity contribution < 1.29 is 19.1 Å². The van der Waals surface area contributed by atoms with Gasteiger partial charge in [-0.1, -0.05) is 50.3 Å². The van der Waals surface area contributed by atoms with E-state index in [0.29, 0.717) is 19.8 Å². The Kier molecular flexibility index (Phi) is 16.3. The molecule has 164 valence electrons. The number of nitrogens with zero attached hydrogens (tertiary/aromatic N) is 2. The molecule has 0 heterocycles. The number of aryl methyl sites for hydroxylation is 1. The van der Waals surface area contributed by atoms with E-state index in [-0.39, 0.29) is 11.9 Å². The fraction of sp³-hybridized carbons (Fsp3) is 0.565. The van der Waals surface area contributed by atoms with Crippen molar-refractivity contribution >= 4 is 11.9 Å². The lowest BCUT2D eigenvalue weighted by Crippen LogP contribution is -2.29. The molecular formula is C23H38N2O4. The number of likely N-dealkylation sites (N-methyl/N-ethyl adjacent to an activating group) is 2. The van der Waals surface area contributed by atoms with Crippen molar-refractivity contribution in [3.63, 3.8) is 0 Å². The number of hydrogen-bond donors (Lipinski definition) is 0. The summed E-state index contributed by atoms with van der Waals surface area (Å²) in [7, 11) is 0. The molecule has 1 rings (SSSR count). The molecule has 0 spiro atoms. The normalized spacial score (nSPS) is 10.4. The molecule has 0 atom stereocenters. The zero-order valence-corrected chi connectivity index (χ0v) is 18.7. The fourth-order valence-corrected chi connectivity index (χ4v) is 2.40. The number of rotatable bonds is 12. The topological polar surface area (TPSA) is 59.1 Å². The molecule has 6 heteroatoms. The van der Waals surface area contributed by atoms with Crippen molar-refractivity contribution in [1.82, 2.24) is 9.80 Å². The van der Waals surface area contributed by atoms with E-state index in [9.17, 15) is 9.59 Å². The lowest BCUT2D eigenvalue weighted by atomic mass is 10.2. The van der Waals surface area contributed by atoms with Crippen LogP contribution in [0.2, 0.25) is 0 Å². The maximum Gasteiger partial charge on any atom is 0.302 e. The van der Waals surface area contributed by atoms with E-state index in [1.54, 1.807) is 0 Å².